The highest BCUT2D eigenvalue weighted by molar-refractivity contribution is 7.41. The molecule has 0 spiro atoms. The van der Waals surface area contributed by atoms with Gasteiger partial charge in [0.15, 0.2) is 0 Å². The largest absolute Gasteiger partial charge is 0.363 e. The number of rotatable bonds is 21. The van der Waals surface area contributed by atoms with Crippen molar-refractivity contribution < 1.29 is 33.0 Å². The van der Waals surface area contributed by atoms with Gasteiger partial charge in [-0.3, -0.25) is 9.59 Å². The lowest BCUT2D eigenvalue weighted by Crippen LogP contribution is -2.31. The smallest absolute Gasteiger partial charge is 0.356 e. The van der Waals surface area contributed by atoms with Gasteiger partial charge in [-0.1, -0.05) is 66.9 Å². The zero-order chi connectivity index (χ0) is 34.1. The van der Waals surface area contributed by atoms with Crippen LogP contribution in [0.4, 0.5) is 5.69 Å². The standard InChI is InChI=1S/C35H48N5O7P/c1-27(2)46-48(47-44-3)45-25-14-5-4-12-22-36-32(42)20-7-6-13-23-40-35-29-17-9-8-16-28(29)26-39(33(43)21-15-24-41)31-19-11-10-18-30(31)34(35)37-38-40/h8-11,16-19,24,27H,4-7,12-15,20-23,25-26H2,1-3H3,(H,36,42). The summed E-state index contributed by atoms with van der Waals surface area (Å²) in [6.45, 7) is 6.08. The van der Waals surface area contributed by atoms with E-state index >= 15 is 0 Å². The molecule has 2 amide bonds. The topological polar surface area (TPSA) is 134 Å². The Kier molecular flexibility index (Phi) is 15.6. The number of carbonyl (C=O) groups is 3. The Bertz CT molecular complexity index is 1470. The van der Waals surface area contributed by atoms with E-state index in [9.17, 15) is 14.4 Å². The molecule has 2 heterocycles. The average Bonchev–Trinajstić information content (AvgIpc) is 3.49. The van der Waals surface area contributed by atoms with Gasteiger partial charge in [0.1, 0.15) is 12.0 Å². The van der Waals surface area contributed by atoms with E-state index in [1.54, 1.807) is 4.90 Å². The molecule has 1 aromatic heterocycles. The van der Waals surface area contributed by atoms with Crippen LogP contribution in [0.3, 0.4) is 0 Å². The number of fused-ring (bicyclic) bond motifs is 5. The number of nitrogens with one attached hydrogen (secondary N) is 1. The second-order valence-corrected chi connectivity index (χ2v) is 13.0. The van der Waals surface area contributed by atoms with Crippen LogP contribution in [-0.2, 0) is 46.1 Å². The first-order valence-corrected chi connectivity index (χ1v) is 17.9. The number of aromatic nitrogens is 3. The van der Waals surface area contributed by atoms with Crippen LogP contribution in [0.1, 0.15) is 83.6 Å². The summed E-state index contributed by atoms with van der Waals surface area (Å²) in [5.74, 6) is -0.0264. The summed E-state index contributed by atoms with van der Waals surface area (Å²) >= 11 is 0. The number of para-hydroxylation sites is 1. The molecule has 3 aromatic rings. The fraction of sp³-hybridized carbons (Fsp3) is 0.514. The molecule has 13 heteroatoms. The lowest BCUT2D eigenvalue weighted by molar-refractivity contribution is -0.192. The Balaban J connectivity index is 1.23. The number of carbonyl (C=O) groups excluding carboxylic acids is 3. The SMILES string of the molecule is COOP(OCCCCCCNC(=O)CCCCCn1nnc2c1-c1ccccc1CN(C(=O)CCC=O)c1ccccc1-2)OC(C)C. The summed E-state index contributed by atoms with van der Waals surface area (Å²) in [6.07, 6.45) is 7.93. The Morgan fingerprint density at radius 2 is 1.71 bits per heavy atom. The van der Waals surface area contributed by atoms with E-state index in [1.165, 1.54) is 7.11 Å². The molecule has 4 rings (SSSR count). The summed E-state index contributed by atoms with van der Waals surface area (Å²) in [5.41, 5.74) is 5.22. The maximum atomic E-state index is 13.2. The summed E-state index contributed by atoms with van der Waals surface area (Å²) in [7, 11) is -0.0588. The first-order chi connectivity index (χ1) is 23.4. The minimum Gasteiger partial charge on any atom is -0.356 e. The van der Waals surface area contributed by atoms with Crippen LogP contribution in [0.25, 0.3) is 22.5 Å². The first kappa shape index (κ1) is 37.3. The van der Waals surface area contributed by atoms with Crippen molar-refractivity contribution in [1.29, 1.82) is 0 Å². The molecule has 12 nitrogen and oxygen atoms in total. The van der Waals surface area contributed by atoms with Gasteiger partial charge in [0.25, 0.3) is 0 Å². The molecule has 1 N–H and O–H groups in total. The van der Waals surface area contributed by atoms with Crippen molar-refractivity contribution in [3.63, 3.8) is 0 Å². The number of hydrogen-bond donors (Lipinski definition) is 1. The van der Waals surface area contributed by atoms with Crippen molar-refractivity contribution in [3.8, 4) is 22.5 Å². The van der Waals surface area contributed by atoms with Gasteiger partial charge in [-0.15, -0.1) is 5.10 Å². The van der Waals surface area contributed by atoms with E-state index in [0.29, 0.717) is 32.7 Å². The van der Waals surface area contributed by atoms with Gasteiger partial charge in [-0.05, 0) is 51.2 Å². The highest BCUT2D eigenvalue weighted by atomic mass is 31.2. The third-order valence-corrected chi connectivity index (χ3v) is 9.12. The Morgan fingerprint density at radius 3 is 2.50 bits per heavy atom. The molecule has 1 aliphatic rings. The van der Waals surface area contributed by atoms with Crippen LogP contribution < -0.4 is 10.2 Å². The van der Waals surface area contributed by atoms with E-state index in [0.717, 1.165) is 85.0 Å². The third kappa shape index (κ3) is 11.0. The molecule has 1 atom stereocenters. The summed E-state index contributed by atoms with van der Waals surface area (Å²) in [5, 5.41) is 12.2. The van der Waals surface area contributed by atoms with Crippen LogP contribution in [0.5, 0.6) is 0 Å². The normalized spacial score (nSPS) is 12.9. The van der Waals surface area contributed by atoms with Crippen LogP contribution in [0, 0.1) is 0 Å². The van der Waals surface area contributed by atoms with Gasteiger partial charge in [-0.25, -0.2) is 9.57 Å². The number of aryl methyl sites for hydroxylation is 1. The van der Waals surface area contributed by atoms with E-state index in [1.807, 2.05) is 67.1 Å². The van der Waals surface area contributed by atoms with Crippen molar-refractivity contribution in [1.82, 2.24) is 20.3 Å². The molecule has 0 saturated heterocycles. The Labute approximate surface area is 284 Å². The lowest BCUT2D eigenvalue weighted by Gasteiger charge is -2.28. The van der Waals surface area contributed by atoms with Gasteiger partial charge < -0.3 is 24.1 Å². The second kappa shape index (κ2) is 20.1. The number of hydrogen-bond acceptors (Lipinski definition) is 9. The molecule has 48 heavy (non-hydrogen) atoms. The van der Waals surface area contributed by atoms with Gasteiger partial charge in [-0.2, -0.15) is 4.67 Å². The molecule has 0 fully saturated rings. The number of nitrogens with zero attached hydrogens (tertiary/aromatic N) is 4. The van der Waals surface area contributed by atoms with Crippen LogP contribution in [-0.4, -0.2) is 59.5 Å². The van der Waals surface area contributed by atoms with E-state index in [4.69, 9.17) is 13.7 Å². The minimum atomic E-state index is -1.49. The molecular formula is C35H48N5O7P. The van der Waals surface area contributed by atoms with E-state index in [2.05, 4.69) is 20.5 Å². The number of unbranched alkanes of at least 4 members (excludes halogenated alkanes) is 5. The number of aldehydes is 1. The average molecular weight is 682 g/mol. The molecule has 0 radical (unpaired) electrons. The van der Waals surface area contributed by atoms with Gasteiger partial charge in [0, 0.05) is 43.5 Å². The highest BCUT2D eigenvalue weighted by Gasteiger charge is 2.28. The molecular weight excluding hydrogens is 633 g/mol. The fourth-order valence-electron chi connectivity index (χ4n) is 5.57. The summed E-state index contributed by atoms with van der Waals surface area (Å²) in [6, 6.07) is 15.8. The highest BCUT2D eigenvalue weighted by Crippen LogP contribution is 2.42. The predicted octanol–water partition coefficient (Wildman–Crippen LogP) is 6.92. The zero-order valence-electron chi connectivity index (χ0n) is 28.3. The summed E-state index contributed by atoms with van der Waals surface area (Å²) < 4.78 is 18.1. The lowest BCUT2D eigenvalue weighted by atomic mass is 9.95. The summed E-state index contributed by atoms with van der Waals surface area (Å²) in [4.78, 5) is 43.1. The quantitative estimate of drug-likeness (QED) is 0.0418. The molecule has 260 valence electrons. The maximum Gasteiger partial charge on any atom is 0.363 e. The number of benzene rings is 2. The maximum absolute atomic E-state index is 13.2. The van der Waals surface area contributed by atoms with E-state index < -0.39 is 8.60 Å². The van der Waals surface area contributed by atoms with Crippen LogP contribution in [0.2, 0.25) is 0 Å². The Morgan fingerprint density at radius 1 is 0.958 bits per heavy atom. The first-order valence-electron chi connectivity index (χ1n) is 16.8. The zero-order valence-corrected chi connectivity index (χ0v) is 29.2. The van der Waals surface area contributed by atoms with Gasteiger partial charge in [0.2, 0.25) is 11.8 Å². The third-order valence-electron chi connectivity index (χ3n) is 7.86. The second-order valence-electron chi connectivity index (χ2n) is 11.9. The molecule has 0 saturated carbocycles. The van der Waals surface area contributed by atoms with Crippen molar-refractivity contribution >= 4 is 32.4 Å². The molecule has 1 unspecified atom stereocenters. The predicted molar refractivity (Wildman–Crippen MR) is 185 cm³/mol. The van der Waals surface area contributed by atoms with E-state index in [-0.39, 0.29) is 30.8 Å². The van der Waals surface area contributed by atoms with Crippen molar-refractivity contribution in [3.05, 3.63) is 54.1 Å². The fourth-order valence-corrected chi connectivity index (χ4v) is 6.46. The Hall–Kier alpha value is -3.54. The van der Waals surface area contributed by atoms with Crippen LogP contribution in [0.15, 0.2) is 48.5 Å². The van der Waals surface area contributed by atoms with Gasteiger partial charge >= 0.3 is 8.60 Å². The molecule has 0 aliphatic carbocycles. The molecule has 1 aliphatic heterocycles. The number of amides is 2. The monoisotopic (exact) mass is 681 g/mol. The van der Waals surface area contributed by atoms with Crippen molar-refractivity contribution in [2.75, 3.05) is 25.2 Å². The van der Waals surface area contributed by atoms with Crippen molar-refractivity contribution in [2.24, 2.45) is 0 Å². The van der Waals surface area contributed by atoms with Crippen LogP contribution >= 0.6 is 8.60 Å². The molecule has 2 aromatic carbocycles. The molecule has 0 bridgehead atoms. The van der Waals surface area contributed by atoms with Gasteiger partial charge in [0.05, 0.1) is 37.7 Å². The number of anilines is 1. The van der Waals surface area contributed by atoms with Crippen molar-refractivity contribution in [2.45, 2.75) is 97.2 Å². The minimum absolute atomic E-state index is 0.00532.